The number of hydrogen-bond acceptors (Lipinski definition) is 3. The molecule has 0 saturated heterocycles. The molecule has 0 atom stereocenters. The van der Waals surface area contributed by atoms with Crippen molar-refractivity contribution in [2.24, 2.45) is 0 Å². The topological polar surface area (TPSA) is 67.4 Å². The highest BCUT2D eigenvalue weighted by Gasteiger charge is 2.25. The van der Waals surface area contributed by atoms with Gasteiger partial charge in [0, 0.05) is 23.8 Å². The Morgan fingerprint density at radius 2 is 1.76 bits per heavy atom. The molecule has 2 aliphatic carbocycles. The Morgan fingerprint density at radius 3 is 2.41 bits per heavy atom. The lowest BCUT2D eigenvalue weighted by Crippen LogP contribution is -2.30. The van der Waals surface area contributed by atoms with E-state index in [-0.39, 0.29) is 22.7 Å². The summed E-state index contributed by atoms with van der Waals surface area (Å²) in [4.78, 5) is 25.3. The number of ether oxygens (including phenoxy) is 1. The zero-order valence-electron chi connectivity index (χ0n) is 16.8. The summed E-state index contributed by atoms with van der Waals surface area (Å²) < 4.78 is 20.4. The lowest BCUT2D eigenvalue weighted by Gasteiger charge is -2.20. The molecule has 1 aromatic carbocycles. The van der Waals surface area contributed by atoms with Crippen LogP contribution in [0.2, 0.25) is 5.02 Å². The van der Waals surface area contributed by atoms with Gasteiger partial charge in [-0.3, -0.25) is 9.59 Å². The van der Waals surface area contributed by atoms with Crippen molar-refractivity contribution in [1.82, 2.24) is 5.32 Å². The van der Waals surface area contributed by atoms with E-state index in [1.807, 2.05) is 6.92 Å². The average molecular weight is 423 g/mol. The molecule has 2 aliphatic rings. The van der Waals surface area contributed by atoms with Crippen LogP contribution < -0.4 is 15.4 Å². The molecule has 0 aliphatic heterocycles. The Hall–Kier alpha value is -2.08. The Kier molecular flexibility index (Phi) is 7.53. The molecule has 0 aromatic heterocycles. The minimum absolute atomic E-state index is 0.0128. The summed E-state index contributed by atoms with van der Waals surface area (Å²) in [7, 11) is 0. The van der Waals surface area contributed by atoms with Crippen LogP contribution in [0.3, 0.4) is 0 Å². The van der Waals surface area contributed by atoms with Gasteiger partial charge in [-0.25, -0.2) is 4.39 Å². The van der Waals surface area contributed by atoms with Gasteiger partial charge >= 0.3 is 0 Å². The average Bonchev–Trinajstić information content (AvgIpc) is 3.22. The molecule has 1 aromatic rings. The largest absolute Gasteiger partial charge is 0.489 e. The molecule has 2 amide bonds. The molecule has 1 fully saturated rings. The van der Waals surface area contributed by atoms with Gasteiger partial charge in [-0.05, 0) is 63.9 Å². The zero-order valence-corrected chi connectivity index (χ0v) is 17.5. The SMILES string of the molecule is CCCNC(=O)C1=C(C(=O)Nc2cc(OC3CCCC3)c(Cl)cc2F)CCCC1. The van der Waals surface area contributed by atoms with Gasteiger partial charge < -0.3 is 15.4 Å². The maximum atomic E-state index is 14.4. The molecular formula is C22H28ClFN2O3. The molecular weight excluding hydrogens is 395 g/mol. The number of halogens is 2. The zero-order chi connectivity index (χ0) is 20.8. The van der Waals surface area contributed by atoms with E-state index >= 15 is 0 Å². The van der Waals surface area contributed by atoms with Crippen molar-refractivity contribution in [3.05, 3.63) is 34.1 Å². The molecule has 7 heteroatoms. The van der Waals surface area contributed by atoms with E-state index in [2.05, 4.69) is 10.6 Å². The smallest absolute Gasteiger partial charge is 0.252 e. The highest BCUT2D eigenvalue weighted by atomic mass is 35.5. The van der Waals surface area contributed by atoms with Crippen LogP contribution in [0.5, 0.6) is 5.75 Å². The minimum Gasteiger partial charge on any atom is -0.489 e. The van der Waals surface area contributed by atoms with Crippen molar-refractivity contribution < 1.29 is 18.7 Å². The lowest BCUT2D eigenvalue weighted by molar-refractivity contribution is -0.119. The highest BCUT2D eigenvalue weighted by Crippen LogP contribution is 2.34. The molecule has 0 spiro atoms. The van der Waals surface area contributed by atoms with Crippen molar-refractivity contribution in [3.63, 3.8) is 0 Å². The fourth-order valence-electron chi connectivity index (χ4n) is 3.85. The van der Waals surface area contributed by atoms with Crippen LogP contribution in [0.25, 0.3) is 0 Å². The van der Waals surface area contributed by atoms with E-state index in [1.165, 1.54) is 6.07 Å². The minimum atomic E-state index is -0.629. The van der Waals surface area contributed by atoms with Gasteiger partial charge in [-0.1, -0.05) is 18.5 Å². The first kappa shape index (κ1) is 21.6. The first-order chi connectivity index (χ1) is 14.0. The van der Waals surface area contributed by atoms with Crippen LogP contribution in [0.1, 0.15) is 64.7 Å². The van der Waals surface area contributed by atoms with Crippen LogP contribution in [0, 0.1) is 5.82 Å². The normalized spacial score (nSPS) is 17.3. The second-order valence-corrected chi connectivity index (χ2v) is 8.07. The Balaban J connectivity index is 1.79. The lowest BCUT2D eigenvalue weighted by atomic mass is 9.90. The third-order valence-electron chi connectivity index (χ3n) is 5.42. The van der Waals surface area contributed by atoms with Crippen molar-refractivity contribution in [2.45, 2.75) is 70.8 Å². The van der Waals surface area contributed by atoms with Crippen LogP contribution in [0.15, 0.2) is 23.3 Å². The molecule has 1 saturated carbocycles. The summed E-state index contributed by atoms with van der Waals surface area (Å²) >= 11 is 6.14. The number of benzene rings is 1. The van der Waals surface area contributed by atoms with Gasteiger partial charge in [0.15, 0.2) is 0 Å². The maximum absolute atomic E-state index is 14.4. The summed E-state index contributed by atoms with van der Waals surface area (Å²) in [6, 6.07) is 2.60. The second-order valence-electron chi connectivity index (χ2n) is 7.66. The Bertz CT molecular complexity index is 803. The van der Waals surface area contributed by atoms with Crippen LogP contribution in [-0.2, 0) is 9.59 Å². The number of hydrogen-bond donors (Lipinski definition) is 2. The predicted molar refractivity (Wildman–Crippen MR) is 112 cm³/mol. The summed E-state index contributed by atoms with van der Waals surface area (Å²) in [5, 5.41) is 5.64. The molecule has 3 rings (SSSR count). The highest BCUT2D eigenvalue weighted by molar-refractivity contribution is 6.32. The molecule has 0 bridgehead atoms. The first-order valence-corrected chi connectivity index (χ1v) is 10.8. The standard InChI is InChI=1S/C22H28ClFN2O3/c1-2-11-25-21(27)15-9-5-6-10-16(15)22(28)26-19-13-20(17(23)12-18(19)24)29-14-7-3-4-8-14/h12-14H,2-11H2,1H3,(H,25,27)(H,26,28). The third-order valence-corrected chi connectivity index (χ3v) is 5.71. The third kappa shape index (κ3) is 5.50. The molecule has 0 heterocycles. The van der Waals surface area contributed by atoms with Crippen LogP contribution in [-0.4, -0.2) is 24.5 Å². The van der Waals surface area contributed by atoms with Crippen molar-refractivity contribution in [1.29, 1.82) is 0 Å². The quantitative estimate of drug-likeness (QED) is 0.639. The van der Waals surface area contributed by atoms with Crippen LogP contribution in [0.4, 0.5) is 10.1 Å². The fraction of sp³-hybridized carbons (Fsp3) is 0.545. The number of carbonyl (C=O) groups is 2. The van der Waals surface area contributed by atoms with E-state index in [9.17, 15) is 14.0 Å². The van der Waals surface area contributed by atoms with Gasteiger partial charge in [0.2, 0.25) is 5.91 Å². The van der Waals surface area contributed by atoms with Crippen molar-refractivity contribution >= 4 is 29.1 Å². The molecule has 0 radical (unpaired) electrons. The summed E-state index contributed by atoms with van der Waals surface area (Å²) in [6.07, 6.45) is 7.72. The first-order valence-electron chi connectivity index (χ1n) is 10.5. The van der Waals surface area contributed by atoms with Gasteiger partial charge in [-0.2, -0.15) is 0 Å². The molecule has 2 N–H and O–H groups in total. The molecule has 5 nitrogen and oxygen atoms in total. The molecule has 0 unspecified atom stereocenters. The van der Waals surface area contributed by atoms with Crippen molar-refractivity contribution in [3.8, 4) is 5.75 Å². The number of nitrogens with one attached hydrogen (secondary N) is 2. The maximum Gasteiger partial charge on any atom is 0.252 e. The predicted octanol–water partition coefficient (Wildman–Crippen LogP) is 5.14. The second kappa shape index (κ2) is 10.1. The Labute approximate surface area is 176 Å². The van der Waals surface area contributed by atoms with Gasteiger partial charge in [0.25, 0.3) is 5.91 Å². The molecule has 29 heavy (non-hydrogen) atoms. The van der Waals surface area contributed by atoms with Gasteiger partial charge in [0.1, 0.15) is 11.6 Å². The summed E-state index contributed by atoms with van der Waals surface area (Å²) in [5.41, 5.74) is 0.940. The van der Waals surface area contributed by atoms with E-state index in [4.69, 9.17) is 16.3 Å². The Morgan fingerprint density at radius 1 is 1.10 bits per heavy atom. The number of amides is 2. The van der Waals surface area contributed by atoms with Gasteiger partial charge in [0.05, 0.1) is 16.8 Å². The van der Waals surface area contributed by atoms with Gasteiger partial charge in [-0.15, -0.1) is 0 Å². The summed E-state index contributed by atoms with van der Waals surface area (Å²) in [5.74, 6) is -0.915. The van der Waals surface area contributed by atoms with Crippen LogP contribution >= 0.6 is 11.6 Å². The molecule has 158 valence electrons. The van der Waals surface area contributed by atoms with E-state index in [0.717, 1.165) is 51.0 Å². The summed E-state index contributed by atoms with van der Waals surface area (Å²) in [6.45, 7) is 2.53. The van der Waals surface area contributed by atoms with E-state index in [0.29, 0.717) is 36.3 Å². The van der Waals surface area contributed by atoms with E-state index < -0.39 is 11.7 Å². The fourth-order valence-corrected chi connectivity index (χ4v) is 4.05. The monoisotopic (exact) mass is 422 g/mol. The number of carbonyl (C=O) groups excluding carboxylic acids is 2. The van der Waals surface area contributed by atoms with Crippen molar-refractivity contribution in [2.75, 3.05) is 11.9 Å². The number of rotatable bonds is 7. The van der Waals surface area contributed by atoms with E-state index in [1.54, 1.807) is 0 Å². The number of anilines is 1.